The number of carbonyl (C=O) groups is 1. The SMILES string of the molecule is Cc1noc(C)c1[C@@H](C)CNC(=O)N1CCOC[C@@H]1C. The molecule has 0 spiro atoms. The molecule has 0 aromatic carbocycles. The van der Waals surface area contributed by atoms with E-state index in [2.05, 4.69) is 17.4 Å². The van der Waals surface area contributed by atoms with Crippen LogP contribution < -0.4 is 5.32 Å². The third-order valence-corrected chi connectivity index (χ3v) is 3.77. The maximum absolute atomic E-state index is 12.2. The van der Waals surface area contributed by atoms with Gasteiger partial charge in [-0.1, -0.05) is 12.1 Å². The Morgan fingerprint density at radius 1 is 1.55 bits per heavy atom. The van der Waals surface area contributed by atoms with Crippen LogP contribution in [-0.4, -0.2) is 48.4 Å². The van der Waals surface area contributed by atoms with Crippen molar-refractivity contribution in [3.05, 3.63) is 17.0 Å². The van der Waals surface area contributed by atoms with Crippen molar-refractivity contribution in [3.8, 4) is 0 Å². The van der Waals surface area contributed by atoms with Crippen LogP contribution in [0.15, 0.2) is 4.52 Å². The molecule has 1 N–H and O–H groups in total. The summed E-state index contributed by atoms with van der Waals surface area (Å²) in [5, 5.41) is 6.94. The molecule has 1 fully saturated rings. The Kier molecular flexibility index (Phi) is 4.65. The van der Waals surface area contributed by atoms with Gasteiger partial charge in [-0.2, -0.15) is 0 Å². The molecule has 1 aromatic rings. The van der Waals surface area contributed by atoms with Gasteiger partial charge in [-0.05, 0) is 20.8 Å². The molecule has 6 nitrogen and oxygen atoms in total. The van der Waals surface area contributed by atoms with Crippen molar-refractivity contribution in [2.24, 2.45) is 0 Å². The molecule has 0 aliphatic carbocycles. The highest BCUT2D eigenvalue weighted by atomic mass is 16.5. The molecule has 1 aliphatic rings. The smallest absolute Gasteiger partial charge is 0.317 e. The number of ether oxygens (including phenoxy) is 1. The van der Waals surface area contributed by atoms with Crippen LogP contribution in [-0.2, 0) is 4.74 Å². The van der Waals surface area contributed by atoms with Crippen LogP contribution in [0.3, 0.4) is 0 Å². The van der Waals surface area contributed by atoms with Crippen LogP contribution in [0.4, 0.5) is 4.79 Å². The molecule has 2 atom stereocenters. The van der Waals surface area contributed by atoms with Gasteiger partial charge in [-0.25, -0.2) is 4.79 Å². The summed E-state index contributed by atoms with van der Waals surface area (Å²) in [6.07, 6.45) is 0. The zero-order valence-electron chi connectivity index (χ0n) is 12.6. The summed E-state index contributed by atoms with van der Waals surface area (Å²) in [4.78, 5) is 14.0. The van der Waals surface area contributed by atoms with E-state index in [0.29, 0.717) is 26.3 Å². The predicted octanol–water partition coefficient (Wildman–Crippen LogP) is 1.83. The van der Waals surface area contributed by atoms with Crippen LogP contribution in [0.5, 0.6) is 0 Å². The van der Waals surface area contributed by atoms with Crippen molar-refractivity contribution in [3.63, 3.8) is 0 Å². The summed E-state index contributed by atoms with van der Waals surface area (Å²) in [5.74, 6) is 1.01. The first kappa shape index (κ1) is 14.8. The Bertz CT molecular complexity index is 453. The van der Waals surface area contributed by atoms with Crippen molar-refractivity contribution in [1.29, 1.82) is 0 Å². The fourth-order valence-corrected chi connectivity index (χ4v) is 2.67. The van der Waals surface area contributed by atoms with Crippen molar-refractivity contribution < 1.29 is 14.1 Å². The summed E-state index contributed by atoms with van der Waals surface area (Å²) < 4.78 is 10.5. The number of nitrogens with one attached hydrogen (secondary N) is 1. The summed E-state index contributed by atoms with van der Waals surface area (Å²) >= 11 is 0. The first-order chi connectivity index (χ1) is 9.50. The van der Waals surface area contributed by atoms with E-state index in [-0.39, 0.29) is 18.0 Å². The number of morpholine rings is 1. The van der Waals surface area contributed by atoms with Gasteiger partial charge in [0, 0.05) is 24.6 Å². The second-order valence-corrected chi connectivity index (χ2v) is 5.44. The van der Waals surface area contributed by atoms with Crippen LogP contribution >= 0.6 is 0 Å². The number of urea groups is 1. The first-order valence-corrected chi connectivity index (χ1v) is 7.05. The highest BCUT2D eigenvalue weighted by molar-refractivity contribution is 5.74. The van der Waals surface area contributed by atoms with Crippen LogP contribution in [0.1, 0.15) is 36.8 Å². The normalized spacial score (nSPS) is 20.8. The summed E-state index contributed by atoms with van der Waals surface area (Å²) in [5.41, 5.74) is 1.98. The highest BCUT2D eigenvalue weighted by Crippen LogP contribution is 2.22. The zero-order chi connectivity index (χ0) is 14.7. The third kappa shape index (κ3) is 3.12. The maximum Gasteiger partial charge on any atom is 0.317 e. The molecule has 2 heterocycles. The lowest BCUT2D eigenvalue weighted by atomic mass is 10.00. The van der Waals surface area contributed by atoms with Crippen molar-refractivity contribution in [2.45, 2.75) is 39.7 Å². The Morgan fingerprint density at radius 2 is 2.30 bits per heavy atom. The molecule has 2 amide bonds. The van der Waals surface area contributed by atoms with E-state index in [1.54, 1.807) is 0 Å². The van der Waals surface area contributed by atoms with Gasteiger partial charge < -0.3 is 19.5 Å². The van der Waals surface area contributed by atoms with Crippen molar-refractivity contribution in [2.75, 3.05) is 26.3 Å². The number of carbonyl (C=O) groups excluding carboxylic acids is 1. The van der Waals surface area contributed by atoms with E-state index in [9.17, 15) is 4.79 Å². The van der Waals surface area contributed by atoms with Gasteiger partial charge in [0.25, 0.3) is 0 Å². The molecule has 0 radical (unpaired) electrons. The molecular formula is C14H23N3O3. The molecule has 1 aliphatic heterocycles. The van der Waals surface area contributed by atoms with Gasteiger partial charge in [-0.15, -0.1) is 0 Å². The molecule has 0 unspecified atom stereocenters. The topological polar surface area (TPSA) is 67.6 Å². The van der Waals surface area contributed by atoms with E-state index in [4.69, 9.17) is 9.26 Å². The van der Waals surface area contributed by atoms with Crippen LogP contribution in [0.25, 0.3) is 0 Å². The van der Waals surface area contributed by atoms with E-state index >= 15 is 0 Å². The Hall–Kier alpha value is -1.56. The summed E-state index contributed by atoms with van der Waals surface area (Å²) in [7, 11) is 0. The Morgan fingerprint density at radius 3 is 2.90 bits per heavy atom. The van der Waals surface area contributed by atoms with Gasteiger partial charge in [0.1, 0.15) is 5.76 Å². The number of nitrogens with zero attached hydrogens (tertiary/aromatic N) is 2. The van der Waals surface area contributed by atoms with Crippen LogP contribution in [0, 0.1) is 13.8 Å². The van der Waals surface area contributed by atoms with Gasteiger partial charge in [0.2, 0.25) is 0 Å². The number of hydrogen-bond donors (Lipinski definition) is 1. The minimum absolute atomic E-state index is 0.0283. The Labute approximate surface area is 119 Å². The fourth-order valence-electron chi connectivity index (χ4n) is 2.67. The van der Waals surface area contributed by atoms with Gasteiger partial charge in [-0.3, -0.25) is 0 Å². The average Bonchev–Trinajstić information content (AvgIpc) is 2.76. The molecule has 112 valence electrons. The van der Waals surface area contributed by atoms with Crippen molar-refractivity contribution in [1.82, 2.24) is 15.4 Å². The number of amides is 2. The molecular weight excluding hydrogens is 258 g/mol. The molecule has 6 heteroatoms. The molecule has 0 bridgehead atoms. The highest BCUT2D eigenvalue weighted by Gasteiger charge is 2.24. The minimum atomic E-state index is -0.0283. The fraction of sp³-hybridized carbons (Fsp3) is 0.714. The summed E-state index contributed by atoms with van der Waals surface area (Å²) in [6, 6.07) is 0.0949. The lowest BCUT2D eigenvalue weighted by molar-refractivity contribution is 0.0190. The molecule has 1 saturated heterocycles. The maximum atomic E-state index is 12.2. The standard InChI is InChI=1S/C14H23N3O3/c1-9(13-11(3)16-20-12(13)4)7-15-14(18)17-5-6-19-8-10(17)2/h9-10H,5-8H2,1-4H3,(H,15,18)/t9-,10-/m0/s1. The minimum Gasteiger partial charge on any atom is -0.377 e. The van der Waals surface area contributed by atoms with Crippen molar-refractivity contribution >= 4 is 6.03 Å². The quantitative estimate of drug-likeness (QED) is 0.917. The van der Waals surface area contributed by atoms with E-state index in [1.165, 1.54) is 0 Å². The third-order valence-electron chi connectivity index (χ3n) is 3.77. The molecule has 20 heavy (non-hydrogen) atoms. The van der Waals surface area contributed by atoms with E-state index < -0.39 is 0 Å². The lowest BCUT2D eigenvalue weighted by Gasteiger charge is -2.33. The number of aryl methyl sites for hydroxylation is 2. The van der Waals surface area contributed by atoms with Gasteiger partial charge >= 0.3 is 6.03 Å². The second-order valence-electron chi connectivity index (χ2n) is 5.44. The Balaban J connectivity index is 1.90. The van der Waals surface area contributed by atoms with E-state index in [0.717, 1.165) is 17.0 Å². The number of aromatic nitrogens is 1. The number of hydrogen-bond acceptors (Lipinski definition) is 4. The van der Waals surface area contributed by atoms with Gasteiger partial charge in [0.15, 0.2) is 0 Å². The largest absolute Gasteiger partial charge is 0.377 e. The first-order valence-electron chi connectivity index (χ1n) is 7.05. The summed E-state index contributed by atoms with van der Waals surface area (Å²) in [6.45, 7) is 10.3. The number of rotatable bonds is 3. The molecule has 1 aromatic heterocycles. The zero-order valence-corrected chi connectivity index (χ0v) is 12.6. The molecule has 0 saturated carbocycles. The van der Waals surface area contributed by atoms with Gasteiger partial charge in [0.05, 0.1) is 24.9 Å². The van der Waals surface area contributed by atoms with Crippen LogP contribution in [0.2, 0.25) is 0 Å². The average molecular weight is 281 g/mol. The second kappa shape index (κ2) is 6.26. The molecule has 2 rings (SSSR count). The lowest BCUT2D eigenvalue weighted by Crippen LogP contribution is -2.51. The predicted molar refractivity (Wildman–Crippen MR) is 74.8 cm³/mol. The van der Waals surface area contributed by atoms with E-state index in [1.807, 2.05) is 25.7 Å². The monoisotopic (exact) mass is 281 g/mol.